The molecule has 0 aliphatic rings. The normalized spacial score (nSPS) is 11.2. The average molecular weight is 435 g/mol. The summed E-state index contributed by atoms with van der Waals surface area (Å²) >= 11 is 11.8. The molecule has 0 bridgehead atoms. The van der Waals surface area contributed by atoms with Gasteiger partial charge in [0.2, 0.25) is 10.0 Å². The minimum absolute atomic E-state index is 0.104. The smallest absolute Gasteiger partial charge is 0.255 e. The monoisotopic (exact) mass is 434 g/mol. The number of carbonyl (C=O) groups is 1. The molecule has 3 rings (SSSR count). The molecular weight excluding hydrogens is 419 g/mol. The van der Waals surface area contributed by atoms with Gasteiger partial charge in [0.1, 0.15) is 0 Å². The Balaban J connectivity index is 1.67. The molecule has 0 saturated carbocycles. The highest BCUT2D eigenvalue weighted by Gasteiger charge is 2.14. The zero-order valence-corrected chi connectivity index (χ0v) is 16.9. The number of rotatable bonds is 6. The van der Waals surface area contributed by atoms with Crippen molar-refractivity contribution in [3.63, 3.8) is 0 Å². The predicted molar refractivity (Wildman–Crippen MR) is 111 cm³/mol. The molecule has 0 radical (unpaired) electrons. The van der Waals surface area contributed by atoms with E-state index in [-0.39, 0.29) is 11.4 Å². The average Bonchev–Trinajstić information content (AvgIpc) is 2.67. The van der Waals surface area contributed by atoms with Crippen LogP contribution in [0.15, 0.2) is 77.7 Å². The van der Waals surface area contributed by atoms with Crippen molar-refractivity contribution in [1.29, 1.82) is 0 Å². The fourth-order valence-electron chi connectivity index (χ4n) is 2.46. The molecule has 0 atom stereocenters. The first kappa shape index (κ1) is 20.4. The zero-order valence-electron chi connectivity index (χ0n) is 14.5. The molecule has 144 valence electrons. The van der Waals surface area contributed by atoms with Crippen LogP contribution < -0.4 is 10.0 Å². The molecule has 8 heteroatoms. The van der Waals surface area contributed by atoms with Crippen molar-refractivity contribution < 1.29 is 13.2 Å². The van der Waals surface area contributed by atoms with Gasteiger partial charge in [-0.15, -0.1) is 0 Å². The molecule has 3 aromatic carbocycles. The molecular formula is C20H16Cl2N2O3S. The molecule has 0 heterocycles. The van der Waals surface area contributed by atoms with Crippen molar-refractivity contribution >= 4 is 44.8 Å². The van der Waals surface area contributed by atoms with Crippen LogP contribution in [0.2, 0.25) is 10.0 Å². The molecule has 2 N–H and O–H groups in total. The number of anilines is 1. The van der Waals surface area contributed by atoms with Gasteiger partial charge in [0.15, 0.2) is 0 Å². The van der Waals surface area contributed by atoms with Crippen LogP contribution in [-0.2, 0) is 16.6 Å². The highest BCUT2D eigenvalue weighted by molar-refractivity contribution is 7.89. The summed E-state index contributed by atoms with van der Waals surface area (Å²) in [4.78, 5) is 12.4. The number of carbonyl (C=O) groups excluding carboxylic acids is 1. The van der Waals surface area contributed by atoms with Gasteiger partial charge in [0, 0.05) is 27.8 Å². The number of benzene rings is 3. The van der Waals surface area contributed by atoms with E-state index in [2.05, 4.69) is 10.0 Å². The maximum atomic E-state index is 12.4. The van der Waals surface area contributed by atoms with Crippen LogP contribution in [0.4, 0.5) is 5.69 Å². The molecule has 0 aliphatic heterocycles. The van der Waals surface area contributed by atoms with E-state index in [0.717, 1.165) is 5.56 Å². The van der Waals surface area contributed by atoms with E-state index in [1.807, 2.05) is 30.3 Å². The summed E-state index contributed by atoms with van der Waals surface area (Å²) in [6.07, 6.45) is 0. The van der Waals surface area contributed by atoms with Crippen molar-refractivity contribution in [2.24, 2.45) is 0 Å². The fraction of sp³-hybridized carbons (Fsp3) is 0.0500. The van der Waals surface area contributed by atoms with Gasteiger partial charge in [-0.2, -0.15) is 0 Å². The lowest BCUT2D eigenvalue weighted by atomic mass is 10.2. The topological polar surface area (TPSA) is 75.3 Å². The number of halogens is 2. The SMILES string of the molecule is O=C(Nc1ccc(S(=O)(=O)NCc2ccccc2)cc1)c1cc(Cl)cc(Cl)c1. The van der Waals surface area contributed by atoms with E-state index in [1.165, 1.54) is 42.5 Å². The molecule has 5 nitrogen and oxygen atoms in total. The van der Waals surface area contributed by atoms with Gasteiger partial charge in [-0.1, -0.05) is 53.5 Å². The number of sulfonamides is 1. The van der Waals surface area contributed by atoms with Gasteiger partial charge in [-0.3, -0.25) is 4.79 Å². The van der Waals surface area contributed by atoms with Crippen LogP contribution in [0.25, 0.3) is 0 Å². The zero-order chi connectivity index (χ0) is 20.1. The second-order valence-corrected chi connectivity index (χ2v) is 8.59. The summed E-state index contributed by atoms with van der Waals surface area (Å²) in [5.41, 5.74) is 1.61. The number of amides is 1. The van der Waals surface area contributed by atoms with Gasteiger partial charge in [0.05, 0.1) is 4.90 Å². The third-order valence-electron chi connectivity index (χ3n) is 3.86. The minimum Gasteiger partial charge on any atom is -0.322 e. The van der Waals surface area contributed by atoms with Crippen molar-refractivity contribution in [1.82, 2.24) is 4.72 Å². The van der Waals surface area contributed by atoms with Gasteiger partial charge >= 0.3 is 0 Å². The Morgan fingerprint density at radius 1 is 0.857 bits per heavy atom. The highest BCUT2D eigenvalue weighted by Crippen LogP contribution is 2.21. The Bertz CT molecular complexity index is 1070. The van der Waals surface area contributed by atoms with Crippen LogP contribution >= 0.6 is 23.2 Å². The van der Waals surface area contributed by atoms with Crippen molar-refractivity contribution in [3.05, 3.63) is 94.0 Å². The van der Waals surface area contributed by atoms with Crippen LogP contribution in [0.3, 0.4) is 0 Å². The quantitative estimate of drug-likeness (QED) is 0.588. The van der Waals surface area contributed by atoms with E-state index in [1.54, 1.807) is 0 Å². The molecule has 0 fully saturated rings. The first-order valence-corrected chi connectivity index (χ1v) is 10.5. The summed E-state index contributed by atoms with van der Waals surface area (Å²) < 4.78 is 27.4. The largest absolute Gasteiger partial charge is 0.322 e. The summed E-state index contributed by atoms with van der Waals surface area (Å²) in [6.45, 7) is 0.192. The second-order valence-electron chi connectivity index (χ2n) is 5.95. The molecule has 28 heavy (non-hydrogen) atoms. The summed E-state index contributed by atoms with van der Waals surface area (Å²) in [6, 6.07) is 19.6. The first-order chi connectivity index (χ1) is 13.3. The lowest BCUT2D eigenvalue weighted by molar-refractivity contribution is 0.102. The Morgan fingerprint density at radius 3 is 2.07 bits per heavy atom. The molecule has 0 unspecified atom stereocenters. The molecule has 1 amide bonds. The minimum atomic E-state index is -3.66. The van der Waals surface area contributed by atoms with E-state index >= 15 is 0 Å². The van der Waals surface area contributed by atoms with Crippen LogP contribution in [0.5, 0.6) is 0 Å². The standard InChI is InChI=1S/C20H16Cl2N2O3S/c21-16-10-15(11-17(22)12-16)20(25)24-18-6-8-19(9-7-18)28(26,27)23-13-14-4-2-1-3-5-14/h1-12,23H,13H2,(H,24,25). The lowest BCUT2D eigenvalue weighted by Crippen LogP contribution is -2.23. The van der Waals surface area contributed by atoms with Crippen molar-refractivity contribution in [2.45, 2.75) is 11.4 Å². The van der Waals surface area contributed by atoms with Crippen LogP contribution in [0, 0.1) is 0 Å². The maximum absolute atomic E-state index is 12.4. The number of hydrogen-bond donors (Lipinski definition) is 2. The second kappa shape index (κ2) is 8.75. The molecule has 0 saturated heterocycles. The molecule has 0 spiro atoms. The number of hydrogen-bond acceptors (Lipinski definition) is 3. The lowest BCUT2D eigenvalue weighted by Gasteiger charge is -2.09. The summed E-state index contributed by atoms with van der Waals surface area (Å²) in [5.74, 6) is -0.401. The Hall–Kier alpha value is -2.38. The maximum Gasteiger partial charge on any atom is 0.255 e. The molecule has 3 aromatic rings. The van der Waals surface area contributed by atoms with E-state index in [4.69, 9.17) is 23.2 Å². The van der Waals surface area contributed by atoms with Crippen molar-refractivity contribution in [3.8, 4) is 0 Å². The summed E-state index contributed by atoms with van der Waals surface area (Å²) in [5, 5.41) is 3.38. The van der Waals surface area contributed by atoms with Gasteiger partial charge < -0.3 is 5.32 Å². The number of nitrogens with one attached hydrogen (secondary N) is 2. The third-order valence-corrected chi connectivity index (χ3v) is 5.71. The summed E-state index contributed by atoms with van der Waals surface area (Å²) in [7, 11) is -3.66. The van der Waals surface area contributed by atoms with Crippen LogP contribution in [0.1, 0.15) is 15.9 Å². The van der Waals surface area contributed by atoms with Crippen LogP contribution in [-0.4, -0.2) is 14.3 Å². The van der Waals surface area contributed by atoms with Gasteiger partial charge in [-0.05, 0) is 48.0 Å². The van der Waals surface area contributed by atoms with Gasteiger partial charge in [-0.25, -0.2) is 13.1 Å². The van der Waals surface area contributed by atoms with Crippen molar-refractivity contribution in [2.75, 3.05) is 5.32 Å². The fourth-order valence-corrected chi connectivity index (χ4v) is 4.01. The first-order valence-electron chi connectivity index (χ1n) is 8.24. The van der Waals surface area contributed by atoms with E-state index < -0.39 is 15.9 Å². The van der Waals surface area contributed by atoms with E-state index in [0.29, 0.717) is 21.3 Å². The third kappa shape index (κ3) is 5.33. The molecule has 0 aromatic heterocycles. The Kier molecular flexibility index (Phi) is 6.36. The Labute approximate surface area is 173 Å². The Morgan fingerprint density at radius 2 is 1.46 bits per heavy atom. The highest BCUT2D eigenvalue weighted by atomic mass is 35.5. The van der Waals surface area contributed by atoms with Gasteiger partial charge in [0.25, 0.3) is 5.91 Å². The molecule has 0 aliphatic carbocycles. The van der Waals surface area contributed by atoms with E-state index in [9.17, 15) is 13.2 Å². The predicted octanol–water partition coefficient (Wildman–Crippen LogP) is 4.72.